The Morgan fingerprint density at radius 1 is 0.462 bits per heavy atom. The maximum absolute atomic E-state index is 10.6. The number of allylic oxidation sites excluding steroid dienone is 27. The number of hydrogen-bond donors (Lipinski definition) is 2. The molecular weight excluding hydrogens is 633 g/mol. The Morgan fingerprint density at radius 3 is 1.21 bits per heavy atom. The second-order valence-electron chi connectivity index (χ2n) is 15.9. The second-order valence-corrected chi connectivity index (χ2v) is 15.9. The smallest absolute Gasteiger partial charge is 0.0657 e. The van der Waals surface area contributed by atoms with Gasteiger partial charge in [-0.25, -0.2) is 0 Å². The summed E-state index contributed by atoms with van der Waals surface area (Å²) in [5, 5.41) is 21.1. The predicted octanol–water partition coefficient (Wildman–Crippen LogP) is 14.3. The largest absolute Gasteiger partial charge is 0.390 e. The molecule has 286 valence electrons. The van der Waals surface area contributed by atoms with Crippen molar-refractivity contribution in [2.45, 2.75) is 134 Å². The Morgan fingerprint density at radius 2 is 0.827 bits per heavy atom. The molecular formula is C50H74O2. The average Bonchev–Trinajstić information content (AvgIpc) is 3.01. The third-order valence-corrected chi connectivity index (χ3v) is 8.70. The van der Waals surface area contributed by atoms with Crippen molar-refractivity contribution in [2.75, 3.05) is 0 Å². The van der Waals surface area contributed by atoms with Gasteiger partial charge >= 0.3 is 0 Å². The van der Waals surface area contributed by atoms with Crippen LogP contribution in [0.3, 0.4) is 0 Å². The molecule has 0 spiro atoms. The Hall–Kier alpha value is -3.72. The van der Waals surface area contributed by atoms with E-state index in [1.54, 1.807) is 0 Å². The summed E-state index contributed by atoms with van der Waals surface area (Å²) < 4.78 is 0. The van der Waals surface area contributed by atoms with Crippen molar-refractivity contribution < 1.29 is 10.2 Å². The highest BCUT2D eigenvalue weighted by atomic mass is 16.3. The van der Waals surface area contributed by atoms with Gasteiger partial charge in [-0.15, -0.1) is 0 Å². The van der Waals surface area contributed by atoms with Crippen LogP contribution in [-0.2, 0) is 0 Å². The molecule has 52 heavy (non-hydrogen) atoms. The fourth-order valence-electron chi connectivity index (χ4n) is 4.97. The SMILES string of the molecule is CC(C)=CC[C@@H](CC/C(C)=C/C=C/C(C)=C/C=C/C(C)=C/C=C/C=C(C)/C=C/C=C(C)/C=C/C=C(C)/C=C/[C@H](CC=C(C)C)C(C)(C)O)C(C)(C)O. The van der Waals surface area contributed by atoms with Crippen molar-refractivity contribution in [3.05, 3.63) is 166 Å². The predicted molar refractivity (Wildman–Crippen MR) is 234 cm³/mol. The molecule has 0 radical (unpaired) electrons. The van der Waals surface area contributed by atoms with E-state index in [9.17, 15) is 10.2 Å². The van der Waals surface area contributed by atoms with Crippen LogP contribution >= 0.6 is 0 Å². The highest BCUT2D eigenvalue weighted by Gasteiger charge is 2.25. The first-order valence-electron chi connectivity index (χ1n) is 19.0. The van der Waals surface area contributed by atoms with Gasteiger partial charge in [0.15, 0.2) is 0 Å². The Bertz CT molecular complexity index is 1500. The lowest BCUT2D eigenvalue weighted by atomic mass is 9.83. The van der Waals surface area contributed by atoms with Crippen molar-refractivity contribution in [1.82, 2.24) is 0 Å². The lowest BCUT2D eigenvalue weighted by Gasteiger charge is -2.29. The molecule has 0 saturated carbocycles. The lowest BCUT2D eigenvalue weighted by Crippen LogP contribution is -2.30. The van der Waals surface area contributed by atoms with E-state index >= 15 is 0 Å². The Balaban J connectivity index is 5.00. The summed E-state index contributed by atoms with van der Waals surface area (Å²) in [4.78, 5) is 0. The second kappa shape index (κ2) is 26.1. The van der Waals surface area contributed by atoms with E-state index in [-0.39, 0.29) is 11.8 Å². The van der Waals surface area contributed by atoms with Crippen LogP contribution in [0.4, 0.5) is 0 Å². The van der Waals surface area contributed by atoms with Crippen molar-refractivity contribution in [1.29, 1.82) is 0 Å². The summed E-state index contributed by atoms with van der Waals surface area (Å²) in [7, 11) is 0. The van der Waals surface area contributed by atoms with Crippen molar-refractivity contribution >= 4 is 0 Å². The number of rotatable bonds is 21. The molecule has 0 unspecified atom stereocenters. The Labute approximate surface area is 321 Å². The first-order valence-corrected chi connectivity index (χ1v) is 19.0. The molecule has 0 amide bonds. The van der Waals surface area contributed by atoms with Gasteiger partial charge in [-0.2, -0.15) is 0 Å². The van der Waals surface area contributed by atoms with Crippen LogP contribution in [0.2, 0.25) is 0 Å². The van der Waals surface area contributed by atoms with Gasteiger partial charge in [-0.05, 0) is 129 Å². The fraction of sp³-hybridized carbons (Fsp3) is 0.440. The van der Waals surface area contributed by atoms with E-state index < -0.39 is 11.2 Å². The molecule has 2 nitrogen and oxygen atoms in total. The summed E-state index contributed by atoms with van der Waals surface area (Å²) in [6.07, 6.45) is 46.1. The lowest BCUT2D eigenvalue weighted by molar-refractivity contribution is 0.0145. The number of hydrogen-bond acceptors (Lipinski definition) is 2. The van der Waals surface area contributed by atoms with Gasteiger partial charge in [0, 0.05) is 5.92 Å². The molecule has 0 aromatic rings. The molecule has 2 N–H and O–H groups in total. The van der Waals surface area contributed by atoms with Gasteiger partial charge in [0.05, 0.1) is 11.2 Å². The molecule has 0 fully saturated rings. The minimum absolute atomic E-state index is 0.0717. The van der Waals surface area contributed by atoms with Crippen molar-refractivity contribution in [3.8, 4) is 0 Å². The van der Waals surface area contributed by atoms with Gasteiger partial charge in [-0.1, -0.05) is 166 Å². The maximum atomic E-state index is 10.6. The zero-order valence-electron chi connectivity index (χ0n) is 35.4. The third-order valence-electron chi connectivity index (χ3n) is 8.70. The van der Waals surface area contributed by atoms with Gasteiger partial charge < -0.3 is 10.2 Å². The summed E-state index contributed by atoms with van der Waals surface area (Å²) in [5.74, 6) is 0.322. The van der Waals surface area contributed by atoms with Crippen LogP contribution in [0.1, 0.15) is 123 Å². The molecule has 0 aromatic heterocycles. The molecule has 0 bridgehead atoms. The Kier molecular flexibility index (Phi) is 24.2. The van der Waals surface area contributed by atoms with Crippen LogP contribution in [-0.4, -0.2) is 21.4 Å². The van der Waals surface area contributed by atoms with Gasteiger partial charge in [0.1, 0.15) is 0 Å². The molecule has 2 heteroatoms. The van der Waals surface area contributed by atoms with Crippen LogP contribution in [0.5, 0.6) is 0 Å². The molecule has 0 heterocycles. The third kappa shape index (κ3) is 27.0. The van der Waals surface area contributed by atoms with E-state index in [0.717, 1.165) is 31.3 Å². The fourth-order valence-corrected chi connectivity index (χ4v) is 4.97. The maximum Gasteiger partial charge on any atom is 0.0657 e. The first kappa shape index (κ1) is 48.3. The first-order chi connectivity index (χ1) is 24.2. The van der Waals surface area contributed by atoms with E-state index in [0.29, 0.717) is 0 Å². The van der Waals surface area contributed by atoms with E-state index in [1.807, 2.05) is 27.7 Å². The molecule has 0 saturated heterocycles. The van der Waals surface area contributed by atoms with Crippen LogP contribution < -0.4 is 0 Å². The highest BCUT2D eigenvalue weighted by Crippen LogP contribution is 2.28. The highest BCUT2D eigenvalue weighted by molar-refractivity contribution is 5.33. The van der Waals surface area contributed by atoms with Gasteiger partial charge in [-0.3, -0.25) is 0 Å². The van der Waals surface area contributed by atoms with Crippen molar-refractivity contribution in [3.63, 3.8) is 0 Å². The van der Waals surface area contributed by atoms with Gasteiger partial charge in [0.25, 0.3) is 0 Å². The van der Waals surface area contributed by atoms with Crippen LogP contribution in [0.15, 0.2) is 166 Å². The minimum Gasteiger partial charge on any atom is -0.390 e. The van der Waals surface area contributed by atoms with Crippen LogP contribution in [0.25, 0.3) is 0 Å². The molecule has 0 rings (SSSR count). The zero-order chi connectivity index (χ0) is 39.7. The van der Waals surface area contributed by atoms with E-state index in [2.05, 4.69) is 191 Å². The van der Waals surface area contributed by atoms with Crippen LogP contribution in [0, 0.1) is 11.8 Å². The topological polar surface area (TPSA) is 40.5 Å². The van der Waals surface area contributed by atoms with Crippen molar-refractivity contribution in [2.24, 2.45) is 11.8 Å². The quantitative estimate of drug-likeness (QED) is 0.0921. The normalized spacial score (nSPS) is 16.5. The van der Waals surface area contributed by atoms with Gasteiger partial charge in [0.2, 0.25) is 0 Å². The standard InChI is InChI=1S/C50H74O2/c1-39(2)31-35-47(49(11,12)51)37-33-45(9)29-19-27-43(7)25-17-23-41(5)21-15-16-22-42(6)24-18-26-44(8)28-20-30-46(10)34-38-48(50(13,14)52)36-32-40(3)4/h15-33,37,47-48,51-52H,34-36,38H2,1-14H3/b16-15+,23-17+,24-18+,27-19+,28-20+,37-33+,41-21+,42-22+,43-25+,44-26+,45-29+,46-30+/t47-,48-/m0/s1. The molecule has 0 aliphatic rings. The molecule has 0 aliphatic carbocycles. The molecule has 0 aromatic carbocycles. The monoisotopic (exact) mass is 707 g/mol. The van der Waals surface area contributed by atoms with E-state index in [1.165, 1.54) is 39.0 Å². The molecule has 2 atom stereocenters. The average molecular weight is 707 g/mol. The minimum atomic E-state index is -0.759. The summed E-state index contributed by atoms with van der Waals surface area (Å²) in [6.45, 7) is 28.7. The summed E-state index contributed by atoms with van der Waals surface area (Å²) in [6, 6.07) is 0. The number of aliphatic hydroxyl groups is 2. The summed E-state index contributed by atoms with van der Waals surface area (Å²) in [5.41, 5.74) is 8.34. The van der Waals surface area contributed by atoms with E-state index in [4.69, 9.17) is 0 Å². The summed E-state index contributed by atoms with van der Waals surface area (Å²) >= 11 is 0. The zero-order valence-corrected chi connectivity index (χ0v) is 35.4. The molecule has 0 aliphatic heterocycles.